The molecule has 4 N–H and O–H groups in total. The van der Waals surface area contributed by atoms with Crippen LogP contribution in [0, 0.1) is 5.92 Å². The van der Waals surface area contributed by atoms with Crippen LogP contribution in [0.2, 0.25) is 0 Å². The van der Waals surface area contributed by atoms with E-state index in [9.17, 15) is 19.2 Å². The summed E-state index contributed by atoms with van der Waals surface area (Å²) >= 11 is 0. The molecule has 15 heteroatoms. The van der Waals surface area contributed by atoms with Gasteiger partial charge >= 0.3 is 0 Å². The second-order valence-corrected chi connectivity index (χ2v) is 11.1. The third kappa shape index (κ3) is 20.8. The van der Waals surface area contributed by atoms with Crippen molar-refractivity contribution in [1.29, 1.82) is 0 Å². The zero-order valence-electron chi connectivity index (χ0n) is 28.8. The van der Waals surface area contributed by atoms with Crippen molar-refractivity contribution in [3.05, 3.63) is 0 Å². The average Bonchev–Trinajstić information content (AvgIpc) is 3.03. The number of nitrogens with one attached hydrogen (secondary N) is 2. The number of rotatable bonds is 31. The number of ether oxygens (including phenoxy) is 7. The van der Waals surface area contributed by atoms with Crippen molar-refractivity contribution in [2.24, 2.45) is 11.7 Å². The second-order valence-electron chi connectivity index (χ2n) is 11.1. The van der Waals surface area contributed by atoms with Gasteiger partial charge in [-0.05, 0) is 19.8 Å². The van der Waals surface area contributed by atoms with Crippen molar-refractivity contribution < 1.29 is 52.3 Å². The highest BCUT2D eigenvalue weighted by atomic mass is 16.6. The van der Waals surface area contributed by atoms with Gasteiger partial charge in [0, 0.05) is 33.5 Å². The number of hydrogen-bond acceptors (Lipinski definition) is 12. The lowest BCUT2D eigenvalue weighted by Crippen LogP contribution is -2.57. The van der Waals surface area contributed by atoms with Crippen molar-refractivity contribution in [2.75, 3.05) is 107 Å². The number of amides is 3. The molecule has 0 aromatic carbocycles. The van der Waals surface area contributed by atoms with E-state index in [4.69, 9.17) is 38.9 Å². The lowest BCUT2D eigenvalue weighted by molar-refractivity contribution is -0.139. The molecule has 0 spiro atoms. The first-order valence-corrected chi connectivity index (χ1v) is 16.0. The fourth-order valence-electron chi connectivity index (χ4n) is 4.29. The zero-order chi connectivity index (χ0) is 34.6. The van der Waals surface area contributed by atoms with E-state index < -0.39 is 17.6 Å². The normalized spacial score (nSPS) is 13.5. The summed E-state index contributed by atoms with van der Waals surface area (Å²) in [6.07, 6.45) is 1.30. The summed E-state index contributed by atoms with van der Waals surface area (Å²) in [6, 6.07) is -0.337. The number of hydrogen-bond donors (Lipinski definition) is 3. The van der Waals surface area contributed by atoms with Gasteiger partial charge in [0.2, 0.25) is 17.7 Å². The highest BCUT2D eigenvalue weighted by Gasteiger charge is 2.34. The smallest absolute Gasteiger partial charge is 0.245 e. The van der Waals surface area contributed by atoms with E-state index >= 15 is 0 Å². The molecular weight excluding hydrogens is 604 g/mol. The van der Waals surface area contributed by atoms with Crippen LogP contribution < -0.4 is 16.4 Å². The molecule has 3 unspecified atom stereocenters. The Morgan fingerprint density at radius 1 is 0.826 bits per heavy atom. The minimum absolute atomic E-state index is 0.0559. The van der Waals surface area contributed by atoms with E-state index in [1.54, 1.807) is 20.9 Å². The van der Waals surface area contributed by atoms with Crippen molar-refractivity contribution in [1.82, 2.24) is 15.5 Å². The van der Waals surface area contributed by atoms with Gasteiger partial charge in [0.1, 0.15) is 11.8 Å². The monoisotopic (exact) mass is 664 g/mol. The fraction of sp³-hybridized carbons (Fsp3) is 0.871. The first-order valence-electron chi connectivity index (χ1n) is 16.0. The quantitative estimate of drug-likeness (QED) is 0.0663. The van der Waals surface area contributed by atoms with Crippen LogP contribution in [0.5, 0.6) is 0 Å². The maximum Gasteiger partial charge on any atom is 0.245 e. The largest absolute Gasteiger partial charge is 0.379 e. The summed E-state index contributed by atoms with van der Waals surface area (Å²) in [7, 11) is 3.14. The molecule has 0 aliphatic rings. The Bertz CT molecular complexity index is 819. The molecule has 0 saturated heterocycles. The Morgan fingerprint density at radius 2 is 1.28 bits per heavy atom. The minimum atomic E-state index is -1.25. The van der Waals surface area contributed by atoms with Crippen LogP contribution >= 0.6 is 0 Å². The van der Waals surface area contributed by atoms with Crippen molar-refractivity contribution in [2.45, 2.75) is 64.6 Å². The Kier molecular flexibility index (Phi) is 26.5. The number of aldehydes is 1. The van der Waals surface area contributed by atoms with E-state index in [-0.39, 0.29) is 49.8 Å². The number of nitrogens with zero attached hydrogens (tertiary/aromatic N) is 1. The van der Waals surface area contributed by atoms with E-state index in [1.807, 2.05) is 13.8 Å². The molecule has 3 atom stereocenters. The molecule has 0 rings (SSSR count). The number of carbonyl (C=O) groups is 4. The van der Waals surface area contributed by atoms with Crippen LogP contribution in [0.25, 0.3) is 0 Å². The molecule has 3 amide bonds. The molecule has 15 nitrogen and oxygen atoms in total. The molecule has 0 aromatic heterocycles. The number of likely N-dealkylation sites (N-methyl/N-ethyl adjacent to an activating group) is 1. The average molecular weight is 665 g/mol. The molecule has 0 aliphatic heterocycles. The van der Waals surface area contributed by atoms with Gasteiger partial charge in [0.15, 0.2) is 0 Å². The van der Waals surface area contributed by atoms with Gasteiger partial charge in [0.05, 0.1) is 98.0 Å². The summed E-state index contributed by atoms with van der Waals surface area (Å²) in [5.74, 6) is -1.13. The van der Waals surface area contributed by atoms with Gasteiger partial charge in [-0.2, -0.15) is 0 Å². The Balaban J connectivity index is 4.05. The highest BCUT2D eigenvalue weighted by Crippen LogP contribution is 2.21. The van der Waals surface area contributed by atoms with Gasteiger partial charge in [-0.15, -0.1) is 0 Å². The van der Waals surface area contributed by atoms with Gasteiger partial charge in [-0.25, -0.2) is 0 Å². The van der Waals surface area contributed by atoms with E-state index in [1.165, 1.54) is 12.0 Å². The van der Waals surface area contributed by atoms with E-state index in [2.05, 4.69) is 10.6 Å². The first-order chi connectivity index (χ1) is 22.0. The summed E-state index contributed by atoms with van der Waals surface area (Å²) in [5, 5.41) is 5.28. The lowest BCUT2D eigenvalue weighted by atomic mass is 9.91. The minimum Gasteiger partial charge on any atom is -0.379 e. The third-order valence-corrected chi connectivity index (χ3v) is 7.10. The first kappa shape index (κ1) is 43.8. The van der Waals surface area contributed by atoms with E-state index in [0.29, 0.717) is 79.2 Å². The van der Waals surface area contributed by atoms with Gasteiger partial charge in [-0.3, -0.25) is 14.4 Å². The van der Waals surface area contributed by atoms with Gasteiger partial charge in [-0.1, -0.05) is 20.3 Å². The number of carbonyl (C=O) groups excluding carboxylic acids is 4. The summed E-state index contributed by atoms with van der Waals surface area (Å²) in [6.45, 7) is 12.4. The van der Waals surface area contributed by atoms with Crippen LogP contribution in [-0.4, -0.2) is 153 Å². The van der Waals surface area contributed by atoms with Crippen LogP contribution in [-0.2, 0) is 52.3 Å². The topological polar surface area (TPSA) is 186 Å². The SMILES string of the molecule is CCC(C)C(C(CC=O)OC)N(C)C(=O)CNC(=O)C(C)(C)NC(=O)CCOCCOCCOCCOCCOCCOCCN. The molecular formula is C31H60N4O11. The fourth-order valence-corrected chi connectivity index (χ4v) is 4.29. The lowest BCUT2D eigenvalue weighted by Gasteiger charge is -2.37. The molecule has 46 heavy (non-hydrogen) atoms. The molecule has 0 aliphatic carbocycles. The Morgan fingerprint density at radius 3 is 1.70 bits per heavy atom. The standard InChI is InChI=1S/C31H60N4O11/c1-7-25(2)29(26(40-6)8-11-36)35(5)28(38)24-33-30(39)31(3,4)34-27(37)9-12-41-14-16-43-18-20-45-22-23-46-21-19-44-17-15-42-13-10-32/h11,25-26,29H,7-10,12-24,32H2,1-6H3,(H,33,39)(H,34,37). The number of methoxy groups -OCH3 is 1. The molecule has 0 aromatic rings. The number of nitrogens with two attached hydrogens (primary N) is 1. The van der Waals surface area contributed by atoms with Gasteiger partial charge < -0.3 is 59.2 Å². The van der Waals surface area contributed by atoms with Gasteiger partial charge in [0.25, 0.3) is 0 Å². The van der Waals surface area contributed by atoms with Crippen molar-refractivity contribution >= 4 is 24.0 Å². The van der Waals surface area contributed by atoms with Crippen LogP contribution in [0.15, 0.2) is 0 Å². The molecule has 0 saturated carbocycles. The summed E-state index contributed by atoms with van der Waals surface area (Å²) in [5.41, 5.74) is 4.08. The van der Waals surface area contributed by atoms with Crippen LogP contribution in [0.3, 0.4) is 0 Å². The summed E-state index contributed by atoms with van der Waals surface area (Å²) < 4.78 is 37.8. The maximum atomic E-state index is 12.9. The third-order valence-electron chi connectivity index (χ3n) is 7.10. The molecule has 270 valence electrons. The highest BCUT2D eigenvalue weighted by molar-refractivity contribution is 5.93. The molecule has 0 fully saturated rings. The van der Waals surface area contributed by atoms with Crippen molar-refractivity contribution in [3.63, 3.8) is 0 Å². The predicted octanol–water partition coefficient (Wildman–Crippen LogP) is -0.0771. The Labute approximate surface area is 274 Å². The molecule has 0 bridgehead atoms. The van der Waals surface area contributed by atoms with E-state index in [0.717, 1.165) is 12.7 Å². The van der Waals surface area contributed by atoms with Crippen LogP contribution in [0.1, 0.15) is 47.0 Å². The second kappa shape index (κ2) is 27.8. The summed E-state index contributed by atoms with van der Waals surface area (Å²) in [4.78, 5) is 50.7. The molecule has 0 radical (unpaired) electrons. The van der Waals surface area contributed by atoms with Crippen LogP contribution in [0.4, 0.5) is 0 Å². The molecule has 0 heterocycles. The van der Waals surface area contributed by atoms with Crippen molar-refractivity contribution in [3.8, 4) is 0 Å². The zero-order valence-corrected chi connectivity index (χ0v) is 28.8. The predicted molar refractivity (Wildman–Crippen MR) is 171 cm³/mol. The maximum absolute atomic E-state index is 12.9. The Hall–Kier alpha value is -2.24.